The molecule has 6 heteroatoms. The highest BCUT2D eigenvalue weighted by molar-refractivity contribution is 6.02. The van der Waals surface area contributed by atoms with Crippen LogP contribution < -0.4 is 18.9 Å². The summed E-state index contributed by atoms with van der Waals surface area (Å²) in [6, 6.07) is 22.3. The fourth-order valence-corrected chi connectivity index (χ4v) is 4.43. The van der Waals surface area contributed by atoms with E-state index in [0.29, 0.717) is 0 Å². The van der Waals surface area contributed by atoms with Gasteiger partial charge in [-0.25, -0.2) is 5.01 Å². The van der Waals surface area contributed by atoms with Crippen molar-refractivity contribution in [3.8, 4) is 23.0 Å². The van der Waals surface area contributed by atoms with Crippen LogP contribution >= 0.6 is 0 Å². The minimum atomic E-state index is -0.327. The number of nitrogens with zero attached hydrogens (tertiary/aromatic N) is 2. The van der Waals surface area contributed by atoms with Gasteiger partial charge in [0.15, 0.2) is 0 Å². The molecule has 0 spiro atoms. The number of methoxy groups -OCH3 is 2. The lowest BCUT2D eigenvalue weighted by Crippen LogP contribution is -2.33. The van der Waals surface area contributed by atoms with Crippen LogP contribution in [-0.4, -0.2) is 31.5 Å². The Labute approximate surface area is 200 Å². The zero-order valence-corrected chi connectivity index (χ0v) is 19.9. The molecule has 5 rings (SSSR count). The summed E-state index contributed by atoms with van der Waals surface area (Å²) < 4.78 is 23.1. The summed E-state index contributed by atoms with van der Waals surface area (Å²) >= 11 is 0. The second kappa shape index (κ2) is 9.67. The van der Waals surface area contributed by atoms with Crippen molar-refractivity contribution in [2.45, 2.75) is 38.5 Å². The Morgan fingerprint density at radius 3 is 2.32 bits per heavy atom. The lowest BCUT2D eigenvalue weighted by molar-refractivity contribution is -0.0191. The summed E-state index contributed by atoms with van der Waals surface area (Å²) in [4.78, 5) is 0. The summed E-state index contributed by atoms with van der Waals surface area (Å²) in [6.07, 6.45) is 2.62. The van der Waals surface area contributed by atoms with Gasteiger partial charge in [0.25, 0.3) is 0 Å². The average Bonchev–Trinajstić information content (AvgIpc) is 3.34. The van der Waals surface area contributed by atoms with Crippen molar-refractivity contribution in [3.05, 3.63) is 83.4 Å². The van der Waals surface area contributed by atoms with Crippen LogP contribution in [0.1, 0.15) is 55.1 Å². The molecule has 0 N–H and O–H groups in total. The van der Waals surface area contributed by atoms with Gasteiger partial charge in [0, 0.05) is 17.5 Å². The average molecular weight is 459 g/mol. The SMILES string of the molecule is CCCCOc1ccc([C@@H]2Oc3ccc(OC)cc3[C@@H]3CC(c4ccc(OC)cc4)=NN32)cc1. The number of ether oxygens (including phenoxy) is 4. The molecule has 0 unspecified atom stereocenters. The van der Waals surface area contributed by atoms with Gasteiger partial charge >= 0.3 is 0 Å². The van der Waals surface area contributed by atoms with Crippen molar-refractivity contribution >= 4 is 5.71 Å². The van der Waals surface area contributed by atoms with Crippen molar-refractivity contribution in [1.29, 1.82) is 0 Å². The molecule has 0 bridgehead atoms. The maximum absolute atomic E-state index is 6.49. The Bertz CT molecular complexity index is 1160. The van der Waals surface area contributed by atoms with E-state index in [0.717, 1.165) is 71.3 Å². The second-order valence-electron chi connectivity index (χ2n) is 8.52. The molecule has 6 nitrogen and oxygen atoms in total. The van der Waals surface area contributed by atoms with Crippen LogP contribution in [0.5, 0.6) is 23.0 Å². The fraction of sp³-hybridized carbons (Fsp3) is 0.321. The summed E-state index contributed by atoms with van der Waals surface area (Å²) in [5, 5.41) is 7.12. The molecule has 0 aromatic heterocycles. The smallest absolute Gasteiger partial charge is 0.213 e. The summed E-state index contributed by atoms with van der Waals surface area (Å²) in [5.41, 5.74) is 4.23. The first-order chi connectivity index (χ1) is 16.7. The molecule has 0 saturated heterocycles. The van der Waals surface area contributed by atoms with Gasteiger partial charge in [-0.15, -0.1) is 0 Å². The highest BCUT2D eigenvalue weighted by Crippen LogP contribution is 2.48. The third kappa shape index (κ3) is 4.28. The zero-order chi connectivity index (χ0) is 23.5. The predicted molar refractivity (Wildman–Crippen MR) is 132 cm³/mol. The van der Waals surface area contributed by atoms with E-state index < -0.39 is 0 Å². The van der Waals surface area contributed by atoms with Gasteiger partial charge in [0.1, 0.15) is 23.0 Å². The highest BCUT2D eigenvalue weighted by Gasteiger charge is 2.41. The zero-order valence-electron chi connectivity index (χ0n) is 19.9. The van der Waals surface area contributed by atoms with Crippen molar-refractivity contribution in [1.82, 2.24) is 5.01 Å². The monoisotopic (exact) mass is 458 g/mol. The van der Waals surface area contributed by atoms with Crippen molar-refractivity contribution in [3.63, 3.8) is 0 Å². The number of fused-ring (bicyclic) bond motifs is 3. The minimum Gasteiger partial charge on any atom is -0.497 e. The van der Waals surface area contributed by atoms with Crippen LogP contribution in [0.15, 0.2) is 71.8 Å². The van der Waals surface area contributed by atoms with Crippen LogP contribution in [0.4, 0.5) is 0 Å². The van der Waals surface area contributed by atoms with Crippen molar-refractivity contribution in [2.75, 3.05) is 20.8 Å². The minimum absolute atomic E-state index is 0.0569. The van der Waals surface area contributed by atoms with Crippen LogP contribution in [0, 0.1) is 0 Å². The Hall–Kier alpha value is -3.67. The van der Waals surface area contributed by atoms with Gasteiger partial charge < -0.3 is 18.9 Å². The normalized spacial score (nSPS) is 18.4. The van der Waals surface area contributed by atoms with Crippen LogP contribution in [0.3, 0.4) is 0 Å². The number of benzene rings is 3. The third-order valence-electron chi connectivity index (χ3n) is 6.35. The summed E-state index contributed by atoms with van der Waals surface area (Å²) in [6.45, 7) is 2.89. The Balaban J connectivity index is 1.48. The molecule has 34 heavy (non-hydrogen) atoms. The Morgan fingerprint density at radius 2 is 1.62 bits per heavy atom. The molecule has 2 aliphatic heterocycles. The molecule has 0 fully saturated rings. The van der Waals surface area contributed by atoms with Gasteiger partial charge in [-0.3, -0.25) is 0 Å². The molecule has 2 aliphatic rings. The highest BCUT2D eigenvalue weighted by atomic mass is 16.5. The van der Waals surface area contributed by atoms with Crippen LogP contribution in [-0.2, 0) is 0 Å². The summed E-state index contributed by atoms with van der Waals surface area (Å²) in [7, 11) is 3.36. The first kappa shape index (κ1) is 22.1. The Morgan fingerprint density at radius 1 is 0.912 bits per heavy atom. The van der Waals surface area contributed by atoms with Crippen molar-refractivity contribution < 1.29 is 18.9 Å². The number of hydrazone groups is 1. The van der Waals surface area contributed by atoms with E-state index in [9.17, 15) is 0 Å². The van der Waals surface area contributed by atoms with Gasteiger partial charge in [-0.2, -0.15) is 5.10 Å². The molecule has 0 saturated carbocycles. The lowest BCUT2D eigenvalue weighted by atomic mass is 9.95. The molecule has 176 valence electrons. The number of hydrogen-bond donors (Lipinski definition) is 0. The van der Waals surface area contributed by atoms with Crippen LogP contribution in [0.2, 0.25) is 0 Å². The second-order valence-corrected chi connectivity index (χ2v) is 8.52. The lowest BCUT2D eigenvalue weighted by Gasteiger charge is -2.38. The van der Waals surface area contributed by atoms with E-state index in [1.807, 2.05) is 36.4 Å². The van der Waals surface area contributed by atoms with Crippen molar-refractivity contribution in [2.24, 2.45) is 5.10 Å². The molecular formula is C28H30N2O4. The predicted octanol–water partition coefficient (Wildman–Crippen LogP) is 6.13. The Kier molecular flexibility index (Phi) is 6.30. The number of unbranched alkanes of at least 4 members (excludes halogenated alkanes) is 1. The molecule has 3 aromatic rings. The fourth-order valence-electron chi connectivity index (χ4n) is 4.43. The topological polar surface area (TPSA) is 52.5 Å². The van der Waals surface area contributed by atoms with E-state index in [1.165, 1.54) is 0 Å². The van der Waals surface area contributed by atoms with E-state index in [2.05, 4.69) is 42.3 Å². The standard InChI is InChI=1S/C28H30N2O4/c1-4-5-16-33-22-12-8-20(9-13-22)28-30-26(24-17-23(32-3)14-15-27(24)34-28)18-25(29-30)19-6-10-21(31-2)11-7-19/h6-15,17,26,28H,4-5,16,18H2,1-3H3/t26-,28-/m0/s1. The van der Waals surface area contributed by atoms with Gasteiger partial charge in [-0.05, 0) is 78.7 Å². The summed E-state index contributed by atoms with van der Waals surface area (Å²) in [5.74, 6) is 3.38. The third-order valence-corrected chi connectivity index (χ3v) is 6.35. The van der Waals surface area contributed by atoms with E-state index >= 15 is 0 Å². The number of rotatable bonds is 8. The van der Waals surface area contributed by atoms with Gasteiger partial charge in [-0.1, -0.05) is 13.3 Å². The molecule has 3 aromatic carbocycles. The van der Waals surface area contributed by atoms with Gasteiger partial charge in [0.2, 0.25) is 6.23 Å². The largest absolute Gasteiger partial charge is 0.497 e. The molecule has 0 aliphatic carbocycles. The van der Waals surface area contributed by atoms with Gasteiger partial charge in [0.05, 0.1) is 32.6 Å². The molecule has 2 atom stereocenters. The molecule has 0 amide bonds. The van der Waals surface area contributed by atoms with E-state index in [4.69, 9.17) is 24.0 Å². The first-order valence-corrected chi connectivity index (χ1v) is 11.8. The number of hydrogen-bond acceptors (Lipinski definition) is 6. The van der Waals surface area contributed by atoms with Crippen LogP contribution in [0.25, 0.3) is 0 Å². The maximum Gasteiger partial charge on any atom is 0.213 e. The quantitative estimate of drug-likeness (QED) is 0.380. The first-order valence-electron chi connectivity index (χ1n) is 11.8. The molecule has 2 heterocycles. The van der Waals surface area contributed by atoms with E-state index in [-0.39, 0.29) is 12.3 Å². The molecule has 0 radical (unpaired) electrons. The van der Waals surface area contributed by atoms with E-state index in [1.54, 1.807) is 14.2 Å². The maximum atomic E-state index is 6.49. The molecular weight excluding hydrogens is 428 g/mol.